The molecule has 3 N–H and O–H groups in total. The first-order valence-corrected chi connectivity index (χ1v) is 8.88. The van der Waals surface area contributed by atoms with Gasteiger partial charge in [0.15, 0.2) is 11.5 Å². The number of thiophene rings is 1. The van der Waals surface area contributed by atoms with Gasteiger partial charge in [0, 0.05) is 14.7 Å². The molecule has 0 unspecified atom stereocenters. The number of hydrogen-bond donors (Lipinski definition) is 2. The van der Waals surface area contributed by atoms with Gasteiger partial charge in [-0.2, -0.15) is 0 Å². The fourth-order valence-corrected chi connectivity index (χ4v) is 3.84. The number of furan rings is 1. The number of amides is 1. The highest BCUT2D eigenvalue weighted by molar-refractivity contribution is 9.10. The van der Waals surface area contributed by atoms with Crippen LogP contribution < -0.4 is 11.1 Å². The number of nitrogens with zero attached hydrogens (tertiary/aromatic N) is 2. The van der Waals surface area contributed by atoms with Crippen molar-refractivity contribution in [1.29, 1.82) is 0 Å². The Morgan fingerprint density at radius 3 is 2.68 bits per heavy atom. The van der Waals surface area contributed by atoms with Crippen molar-refractivity contribution in [3.8, 4) is 10.4 Å². The van der Waals surface area contributed by atoms with Crippen molar-refractivity contribution in [3.05, 3.63) is 59.1 Å². The highest BCUT2D eigenvalue weighted by Crippen LogP contribution is 2.38. The molecule has 0 aliphatic carbocycles. The van der Waals surface area contributed by atoms with Gasteiger partial charge in [0.05, 0.1) is 16.7 Å². The second kappa shape index (κ2) is 6.30. The molecule has 3 heterocycles. The molecule has 1 aromatic carbocycles. The van der Waals surface area contributed by atoms with E-state index in [0.717, 1.165) is 26.0 Å². The van der Waals surface area contributed by atoms with E-state index in [1.54, 1.807) is 18.6 Å². The quantitative estimate of drug-likeness (QED) is 0.510. The molecule has 4 aromatic rings. The number of carbonyl (C=O) groups is 1. The van der Waals surface area contributed by atoms with Crippen molar-refractivity contribution in [3.63, 3.8) is 0 Å². The van der Waals surface area contributed by atoms with Crippen LogP contribution in [-0.4, -0.2) is 16.1 Å². The van der Waals surface area contributed by atoms with Crippen LogP contribution in [0.5, 0.6) is 0 Å². The molecule has 0 radical (unpaired) electrons. The van der Waals surface area contributed by atoms with Crippen molar-refractivity contribution in [1.82, 2.24) is 10.2 Å². The van der Waals surface area contributed by atoms with Crippen LogP contribution in [0.4, 0.5) is 11.5 Å². The van der Waals surface area contributed by atoms with Crippen molar-refractivity contribution >= 4 is 54.8 Å². The number of halogens is 1. The molecule has 25 heavy (non-hydrogen) atoms. The standard InChI is InChI=1S/C17H11BrN4O2S/c18-10-3-1-9(2-4-10)13-7-12-15(25-13)14(16(19)23)21-22-17(12)20-11-5-6-24-8-11/h1-8H,(H2,19,23)(H,20,22). The van der Waals surface area contributed by atoms with Gasteiger partial charge in [-0.1, -0.05) is 28.1 Å². The van der Waals surface area contributed by atoms with Gasteiger partial charge in [-0.15, -0.1) is 21.5 Å². The summed E-state index contributed by atoms with van der Waals surface area (Å²) in [4.78, 5) is 12.7. The van der Waals surface area contributed by atoms with Gasteiger partial charge in [-0.3, -0.25) is 4.79 Å². The summed E-state index contributed by atoms with van der Waals surface area (Å²) in [7, 11) is 0. The Kier molecular flexibility index (Phi) is 3.98. The maximum Gasteiger partial charge on any atom is 0.270 e. The third-order valence-electron chi connectivity index (χ3n) is 3.60. The molecule has 8 heteroatoms. The Balaban J connectivity index is 1.88. The number of aromatic nitrogens is 2. The minimum absolute atomic E-state index is 0.168. The van der Waals surface area contributed by atoms with E-state index in [9.17, 15) is 4.79 Å². The molecule has 0 spiro atoms. The monoisotopic (exact) mass is 414 g/mol. The van der Waals surface area contributed by atoms with E-state index in [-0.39, 0.29) is 5.69 Å². The van der Waals surface area contributed by atoms with Crippen LogP contribution in [0.2, 0.25) is 0 Å². The van der Waals surface area contributed by atoms with Gasteiger partial charge in [0.25, 0.3) is 5.91 Å². The normalized spacial score (nSPS) is 10.9. The van der Waals surface area contributed by atoms with E-state index in [2.05, 4.69) is 31.4 Å². The average Bonchev–Trinajstić information content (AvgIpc) is 3.25. The van der Waals surface area contributed by atoms with Gasteiger partial charge in [-0.05, 0) is 29.8 Å². The molecule has 0 saturated carbocycles. The van der Waals surface area contributed by atoms with Crippen molar-refractivity contribution in [2.45, 2.75) is 0 Å². The second-order valence-corrected chi connectivity index (χ2v) is 7.23. The van der Waals surface area contributed by atoms with Crippen LogP contribution in [-0.2, 0) is 0 Å². The van der Waals surface area contributed by atoms with Gasteiger partial charge < -0.3 is 15.5 Å². The number of fused-ring (bicyclic) bond motifs is 1. The highest BCUT2D eigenvalue weighted by Gasteiger charge is 2.18. The molecule has 3 aromatic heterocycles. The Labute approximate surface area is 154 Å². The summed E-state index contributed by atoms with van der Waals surface area (Å²) in [6.07, 6.45) is 3.13. The number of primary amides is 1. The number of hydrogen-bond acceptors (Lipinski definition) is 6. The summed E-state index contributed by atoms with van der Waals surface area (Å²) in [6, 6.07) is 11.7. The number of benzene rings is 1. The molecule has 0 aliphatic rings. The second-order valence-electron chi connectivity index (χ2n) is 5.26. The fraction of sp³-hybridized carbons (Fsp3) is 0. The molecule has 1 amide bonds. The third-order valence-corrected chi connectivity index (χ3v) is 5.32. The van der Waals surface area contributed by atoms with Crippen molar-refractivity contribution < 1.29 is 9.21 Å². The number of anilines is 2. The number of nitrogens with two attached hydrogens (primary N) is 1. The first-order valence-electron chi connectivity index (χ1n) is 7.27. The molecule has 0 fully saturated rings. The van der Waals surface area contributed by atoms with Gasteiger partial charge in [0.2, 0.25) is 0 Å². The summed E-state index contributed by atoms with van der Waals surface area (Å²) in [5, 5.41) is 12.0. The van der Waals surface area contributed by atoms with Gasteiger partial charge in [-0.25, -0.2) is 0 Å². The smallest absolute Gasteiger partial charge is 0.270 e. The van der Waals surface area contributed by atoms with Crippen LogP contribution in [0.3, 0.4) is 0 Å². The van der Waals surface area contributed by atoms with Crippen LogP contribution in [0.25, 0.3) is 20.5 Å². The molecule has 124 valence electrons. The maximum atomic E-state index is 11.7. The molecular formula is C17H11BrN4O2S. The Hall–Kier alpha value is -2.71. The molecule has 0 aliphatic heterocycles. The van der Waals surface area contributed by atoms with Crippen molar-refractivity contribution in [2.24, 2.45) is 5.73 Å². The van der Waals surface area contributed by atoms with Crippen LogP contribution >= 0.6 is 27.3 Å². The van der Waals surface area contributed by atoms with Crippen LogP contribution in [0, 0.1) is 0 Å². The van der Waals surface area contributed by atoms with E-state index >= 15 is 0 Å². The predicted octanol–water partition coefficient (Wildman–Crippen LogP) is 4.56. The summed E-state index contributed by atoms with van der Waals surface area (Å²) in [5.74, 6) is -0.0578. The van der Waals surface area contributed by atoms with Crippen molar-refractivity contribution in [2.75, 3.05) is 5.32 Å². The predicted molar refractivity (Wildman–Crippen MR) is 101 cm³/mol. The summed E-state index contributed by atoms with van der Waals surface area (Å²) in [5.41, 5.74) is 7.41. The lowest BCUT2D eigenvalue weighted by atomic mass is 10.1. The number of rotatable bonds is 4. The third kappa shape index (κ3) is 3.01. The van der Waals surface area contributed by atoms with E-state index < -0.39 is 5.91 Å². The fourth-order valence-electron chi connectivity index (χ4n) is 2.42. The zero-order valence-corrected chi connectivity index (χ0v) is 15.1. The zero-order valence-electron chi connectivity index (χ0n) is 12.7. The molecule has 6 nitrogen and oxygen atoms in total. The minimum Gasteiger partial charge on any atom is -0.470 e. The summed E-state index contributed by atoms with van der Waals surface area (Å²) in [6.45, 7) is 0. The molecule has 0 atom stereocenters. The zero-order chi connectivity index (χ0) is 17.4. The first kappa shape index (κ1) is 15.8. The lowest BCUT2D eigenvalue weighted by Gasteiger charge is -2.04. The lowest BCUT2D eigenvalue weighted by Crippen LogP contribution is -2.14. The number of carbonyl (C=O) groups excluding carboxylic acids is 1. The van der Waals surface area contributed by atoms with Crippen LogP contribution in [0.15, 0.2) is 57.8 Å². The van der Waals surface area contributed by atoms with E-state index in [1.165, 1.54) is 11.3 Å². The minimum atomic E-state index is -0.600. The Morgan fingerprint density at radius 2 is 2.00 bits per heavy atom. The summed E-state index contributed by atoms with van der Waals surface area (Å²) < 4.78 is 6.76. The topological polar surface area (TPSA) is 94.0 Å². The molecular weight excluding hydrogens is 404 g/mol. The van der Waals surface area contributed by atoms with Crippen LogP contribution in [0.1, 0.15) is 10.5 Å². The molecule has 4 rings (SSSR count). The lowest BCUT2D eigenvalue weighted by molar-refractivity contribution is 0.0996. The Bertz CT molecular complexity index is 1060. The largest absolute Gasteiger partial charge is 0.470 e. The number of nitrogens with one attached hydrogen (secondary N) is 1. The van der Waals surface area contributed by atoms with Gasteiger partial charge >= 0.3 is 0 Å². The first-order chi connectivity index (χ1) is 12.1. The van der Waals surface area contributed by atoms with E-state index in [4.69, 9.17) is 10.2 Å². The van der Waals surface area contributed by atoms with E-state index in [0.29, 0.717) is 10.5 Å². The average molecular weight is 415 g/mol. The molecule has 0 bridgehead atoms. The molecule has 0 saturated heterocycles. The van der Waals surface area contributed by atoms with E-state index in [1.807, 2.05) is 30.3 Å². The highest BCUT2D eigenvalue weighted by atomic mass is 79.9. The SMILES string of the molecule is NC(=O)c1nnc(Nc2ccoc2)c2cc(-c3ccc(Br)cc3)sc12. The van der Waals surface area contributed by atoms with Gasteiger partial charge in [0.1, 0.15) is 6.26 Å². The summed E-state index contributed by atoms with van der Waals surface area (Å²) >= 11 is 4.89. The maximum absolute atomic E-state index is 11.7. The Morgan fingerprint density at radius 1 is 1.20 bits per heavy atom.